The maximum absolute atomic E-state index is 14.4. The number of nitrogens with one attached hydrogen (secondary N) is 2. The normalized spacial score (nSPS) is 16.0. The van der Waals surface area contributed by atoms with Gasteiger partial charge >= 0.3 is 5.97 Å². The van der Waals surface area contributed by atoms with Crippen LogP contribution in [0.3, 0.4) is 0 Å². The van der Waals surface area contributed by atoms with Crippen molar-refractivity contribution in [2.45, 2.75) is 74.2 Å². The number of aliphatic carboxylic acids is 1. The van der Waals surface area contributed by atoms with Crippen LogP contribution in [0.4, 0.5) is 11.4 Å². The zero-order valence-corrected chi connectivity index (χ0v) is 31.3. The second-order valence-corrected chi connectivity index (χ2v) is 15.8. The Morgan fingerprint density at radius 2 is 1.60 bits per heavy atom. The van der Waals surface area contributed by atoms with Crippen molar-refractivity contribution in [1.29, 1.82) is 0 Å². The summed E-state index contributed by atoms with van der Waals surface area (Å²) < 4.78 is 34.8. The van der Waals surface area contributed by atoms with Crippen molar-refractivity contribution < 1.29 is 32.6 Å². The van der Waals surface area contributed by atoms with Crippen LogP contribution in [0.25, 0.3) is 0 Å². The second-order valence-electron chi connectivity index (χ2n) is 12.6. The highest BCUT2D eigenvalue weighted by Gasteiger charge is 2.42. The number of thioether (sulfide) groups is 1. The number of carbonyl (C=O) groups excluding carboxylic acids is 2. The predicted molar refractivity (Wildman–Crippen MR) is 201 cm³/mol. The van der Waals surface area contributed by atoms with Gasteiger partial charge in [0.1, 0.15) is 17.8 Å². The number of hydrogen-bond acceptors (Lipinski definition) is 9. The Kier molecular flexibility index (Phi) is 14.1. The van der Waals surface area contributed by atoms with Crippen LogP contribution < -0.4 is 20.3 Å². The lowest BCUT2D eigenvalue weighted by Crippen LogP contribution is -2.48. The molecule has 50 heavy (non-hydrogen) atoms. The number of sulfone groups is 1. The van der Waals surface area contributed by atoms with E-state index >= 15 is 0 Å². The smallest absolute Gasteiger partial charge is 0.327 e. The summed E-state index contributed by atoms with van der Waals surface area (Å²) in [6.07, 6.45) is 7.20. The van der Waals surface area contributed by atoms with Gasteiger partial charge in [0.15, 0.2) is 16.4 Å². The third-order valence-electron chi connectivity index (χ3n) is 8.91. The highest BCUT2D eigenvalue weighted by molar-refractivity contribution is 7.98. The number of nitrogens with zero attached hydrogens (tertiary/aromatic N) is 1. The maximum Gasteiger partial charge on any atom is 0.327 e. The Morgan fingerprint density at radius 1 is 0.980 bits per heavy atom. The molecule has 4 rings (SSSR count). The number of carboxylic acids is 1. The minimum atomic E-state index is -3.80. The monoisotopic (exact) mass is 741 g/mol. The lowest BCUT2D eigenvalue weighted by Gasteiger charge is -2.37. The molecule has 0 fully saturated rings. The number of benzene rings is 3. The van der Waals surface area contributed by atoms with Gasteiger partial charge in [-0.15, -0.1) is 11.8 Å². The zero-order chi connectivity index (χ0) is 36.3. The van der Waals surface area contributed by atoms with E-state index in [1.165, 1.54) is 17.8 Å². The molecule has 2 amide bonds. The number of amides is 2. The summed E-state index contributed by atoms with van der Waals surface area (Å²) in [6.45, 7) is 4.28. The van der Waals surface area contributed by atoms with Gasteiger partial charge in [-0.25, -0.2) is 13.2 Å². The van der Waals surface area contributed by atoms with Gasteiger partial charge in [-0.2, -0.15) is 12.6 Å². The first kappa shape index (κ1) is 39.1. The summed E-state index contributed by atoms with van der Waals surface area (Å²) in [7, 11) is -3.80. The molecule has 1 heterocycles. The van der Waals surface area contributed by atoms with Crippen molar-refractivity contribution >= 4 is 63.4 Å². The fourth-order valence-electron chi connectivity index (χ4n) is 6.31. The van der Waals surface area contributed by atoms with Crippen molar-refractivity contribution in [1.82, 2.24) is 10.6 Å². The summed E-state index contributed by atoms with van der Waals surface area (Å²) in [6, 6.07) is 19.2. The molecule has 0 spiro atoms. The van der Waals surface area contributed by atoms with Crippen molar-refractivity contribution in [3.63, 3.8) is 0 Å². The molecule has 0 bridgehead atoms. The molecule has 1 aliphatic heterocycles. The van der Waals surface area contributed by atoms with Gasteiger partial charge in [0, 0.05) is 29.5 Å². The molecule has 3 aromatic carbocycles. The summed E-state index contributed by atoms with van der Waals surface area (Å²) in [5, 5.41) is 14.5. The molecule has 2 atom stereocenters. The minimum absolute atomic E-state index is 0.00631. The van der Waals surface area contributed by atoms with E-state index in [-0.39, 0.29) is 22.2 Å². The Morgan fingerprint density at radius 3 is 2.16 bits per heavy atom. The molecule has 3 N–H and O–H groups in total. The van der Waals surface area contributed by atoms with E-state index < -0.39 is 51.7 Å². The first-order chi connectivity index (χ1) is 24.0. The van der Waals surface area contributed by atoms with Gasteiger partial charge in [0.05, 0.1) is 21.2 Å². The van der Waals surface area contributed by atoms with Crippen LogP contribution in [0.1, 0.15) is 64.0 Å². The van der Waals surface area contributed by atoms with E-state index in [0.29, 0.717) is 22.7 Å². The van der Waals surface area contributed by atoms with E-state index in [0.717, 1.165) is 44.2 Å². The molecule has 10 nitrogen and oxygen atoms in total. The molecular formula is C37H47N3O7S3. The highest BCUT2D eigenvalue weighted by atomic mass is 32.2. The Hall–Kier alpha value is -3.68. The molecule has 0 aliphatic carbocycles. The number of carbonyl (C=O) groups is 3. The Labute approximate surface area is 305 Å². The average molecular weight is 742 g/mol. The topological polar surface area (TPSA) is 142 Å². The molecule has 0 saturated carbocycles. The first-order valence-corrected chi connectivity index (χ1v) is 20.4. The van der Waals surface area contributed by atoms with E-state index in [4.69, 9.17) is 4.74 Å². The van der Waals surface area contributed by atoms with Crippen LogP contribution in [0, 0.1) is 5.41 Å². The largest absolute Gasteiger partial charge is 0.483 e. The van der Waals surface area contributed by atoms with Gasteiger partial charge in [-0.05, 0) is 42.9 Å². The number of carboxylic acid groups (broad SMARTS) is 1. The van der Waals surface area contributed by atoms with E-state index in [1.807, 2.05) is 42.7 Å². The zero-order valence-electron chi connectivity index (χ0n) is 28.8. The fourth-order valence-corrected chi connectivity index (χ4v) is 9.22. The number of unbranched alkanes of at least 4 members (excludes halogenated alkanes) is 2. The van der Waals surface area contributed by atoms with Crippen LogP contribution in [0.2, 0.25) is 0 Å². The van der Waals surface area contributed by atoms with E-state index in [1.54, 1.807) is 30.3 Å². The maximum atomic E-state index is 14.4. The number of thiol groups is 1. The van der Waals surface area contributed by atoms with Gasteiger partial charge in [0.2, 0.25) is 5.91 Å². The van der Waals surface area contributed by atoms with E-state index in [2.05, 4.69) is 42.0 Å². The summed E-state index contributed by atoms with van der Waals surface area (Å²) in [5.74, 6) is -2.52. The van der Waals surface area contributed by atoms with Gasteiger partial charge in [-0.3, -0.25) is 9.59 Å². The average Bonchev–Trinajstić information content (AvgIpc) is 3.21. The molecule has 3 aromatic rings. The predicted octanol–water partition coefficient (Wildman–Crippen LogP) is 6.44. The molecule has 0 aromatic heterocycles. The van der Waals surface area contributed by atoms with Gasteiger partial charge in [0.25, 0.3) is 5.91 Å². The number of hydrogen-bond donors (Lipinski definition) is 4. The van der Waals surface area contributed by atoms with Crippen molar-refractivity contribution in [2.75, 3.05) is 35.8 Å². The molecule has 270 valence electrons. The summed E-state index contributed by atoms with van der Waals surface area (Å²) in [5.41, 5.74) is 1.46. The molecule has 1 unspecified atom stereocenters. The van der Waals surface area contributed by atoms with Crippen molar-refractivity contribution in [2.24, 2.45) is 5.41 Å². The highest BCUT2D eigenvalue weighted by Crippen LogP contribution is 2.47. The number of fused-ring (bicyclic) bond motifs is 1. The van der Waals surface area contributed by atoms with Crippen LogP contribution in [0.15, 0.2) is 82.6 Å². The SMILES string of the molecule is CCCCC1(CCCC)CN(c2ccccc2)c2cc(SC)c(OCC(=O)NC(C(=O)N[C@@H](CS)C(=O)O)c3ccccc3)cc2S(=O)(=O)C1. The summed E-state index contributed by atoms with van der Waals surface area (Å²) >= 11 is 5.39. The van der Waals surface area contributed by atoms with Crippen LogP contribution in [0.5, 0.6) is 5.75 Å². The van der Waals surface area contributed by atoms with Gasteiger partial charge < -0.3 is 25.4 Å². The third kappa shape index (κ3) is 9.76. The molecule has 0 saturated heterocycles. The summed E-state index contributed by atoms with van der Waals surface area (Å²) in [4.78, 5) is 41.0. The molecule has 13 heteroatoms. The molecule has 0 radical (unpaired) electrons. The van der Waals surface area contributed by atoms with E-state index in [9.17, 15) is 27.9 Å². The van der Waals surface area contributed by atoms with Crippen LogP contribution in [-0.4, -0.2) is 68.3 Å². The number of anilines is 2. The fraction of sp³-hybridized carbons (Fsp3) is 0.432. The first-order valence-electron chi connectivity index (χ1n) is 16.9. The van der Waals surface area contributed by atoms with Crippen LogP contribution >= 0.6 is 24.4 Å². The molecule has 1 aliphatic rings. The lowest BCUT2D eigenvalue weighted by molar-refractivity contribution is -0.141. The van der Waals surface area contributed by atoms with Crippen molar-refractivity contribution in [3.8, 4) is 5.75 Å². The quantitative estimate of drug-likeness (QED) is 0.0909. The Bertz CT molecular complexity index is 1710. The number of ether oxygens (including phenoxy) is 1. The number of rotatable bonds is 17. The standard InChI is InChI=1S/C37H47N3O7S3/c1-4-6-18-37(19-7-5-2)24-40(27-16-12-9-13-17-27)29-20-31(49-3)30(21-32(29)50(45,46)25-37)47-22-33(41)39-34(26-14-10-8-11-15-26)35(42)38-28(23-48)36(43)44/h8-17,20-21,28,34,48H,4-7,18-19,22-25H2,1-3H3,(H,38,42)(H,39,41)(H,43,44)/t28-,34?/m0/s1. The van der Waals surface area contributed by atoms with Gasteiger partial charge in [-0.1, -0.05) is 88.1 Å². The Balaban J connectivity index is 1.68. The minimum Gasteiger partial charge on any atom is -0.483 e. The number of para-hydroxylation sites is 1. The molecular weight excluding hydrogens is 695 g/mol. The third-order valence-corrected chi connectivity index (χ3v) is 12.0. The van der Waals surface area contributed by atoms with Crippen LogP contribution in [-0.2, 0) is 24.2 Å². The van der Waals surface area contributed by atoms with Crippen molar-refractivity contribution in [3.05, 3.63) is 78.4 Å². The lowest BCUT2D eigenvalue weighted by atomic mass is 9.79. The second kappa shape index (κ2) is 18.0.